The fourth-order valence-electron chi connectivity index (χ4n) is 1.63. The molecule has 6 nitrogen and oxygen atoms in total. The Bertz CT molecular complexity index is 642. The molecule has 0 unspecified atom stereocenters. The van der Waals surface area contributed by atoms with Crippen LogP contribution in [0.25, 0.3) is 6.08 Å². The lowest BCUT2D eigenvalue weighted by molar-refractivity contribution is -0.384. The molecule has 2 rings (SSSR count). The number of carbonyl (C=O) groups excluding carboxylic acids is 1. The third-order valence-electron chi connectivity index (χ3n) is 2.70. The molecule has 1 aliphatic heterocycles. The number of carbonyl (C=O) groups is 1. The Morgan fingerprint density at radius 3 is 2.70 bits per heavy atom. The summed E-state index contributed by atoms with van der Waals surface area (Å²) in [5, 5.41) is 10.8. The lowest BCUT2D eigenvalue weighted by atomic mass is 10.1. The quantitative estimate of drug-likeness (QED) is 0.369. The number of rotatable bonds is 3. The zero-order valence-corrected chi connectivity index (χ0v) is 12.3. The van der Waals surface area contributed by atoms with Crippen molar-refractivity contribution in [2.75, 3.05) is 14.2 Å². The monoisotopic (exact) mass is 310 g/mol. The Morgan fingerprint density at radius 1 is 1.50 bits per heavy atom. The fraction of sp³-hybridized carbons (Fsp3) is 0.167. The lowest BCUT2D eigenvalue weighted by Gasteiger charge is -2.05. The minimum Gasteiger partial charge on any atom is -0.496 e. The van der Waals surface area contributed by atoms with Crippen LogP contribution in [0, 0.1) is 10.1 Å². The Hall–Kier alpha value is -1.93. The first-order valence-electron chi connectivity index (χ1n) is 5.48. The highest BCUT2D eigenvalue weighted by atomic mass is 32.2. The number of nitrogens with zero attached hydrogens (tertiary/aromatic N) is 2. The highest BCUT2D eigenvalue weighted by Crippen LogP contribution is 2.34. The number of benzene rings is 1. The predicted octanol–water partition coefficient (Wildman–Crippen LogP) is 2.43. The van der Waals surface area contributed by atoms with Gasteiger partial charge in [-0.05, 0) is 12.1 Å². The summed E-state index contributed by atoms with van der Waals surface area (Å²) in [6.45, 7) is 0. The standard InChI is InChI=1S/C12H10N2O4S2/c1-13-11(15)10(20-12(13)19)6-7-5-8(14(16)17)3-4-9(7)18-2/h3-6H,1-2H3. The van der Waals surface area contributed by atoms with Crippen molar-refractivity contribution in [2.45, 2.75) is 0 Å². The Morgan fingerprint density at radius 2 is 2.20 bits per heavy atom. The van der Waals surface area contributed by atoms with Gasteiger partial charge in [0.05, 0.1) is 16.9 Å². The number of nitro groups is 1. The van der Waals surface area contributed by atoms with Gasteiger partial charge in [-0.2, -0.15) is 0 Å². The number of likely N-dealkylation sites (N-methyl/N-ethyl adjacent to an activating group) is 1. The number of methoxy groups -OCH3 is 1. The highest BCUT2D eigenvalue weighted by molar-refractivity contribution is 8.26. The second-order valence-corrected chi connectivity index (χ2v) is 5.60. The van der Waals surface area contributed by atoms with Crippen molar-refractivity contribution in [3.8, 4) is 5.75 Å². The number of hydrogen-bond donors (Lipinski definition) is 0. The van der Waals surface area contributed by atoms with Crippen molar-refractivity contribution in [1.29, 1.82) is 0 Å². The van der Waals surface area contributed by atoms with E-state index in [0.717, 1.165) is 11.8 Å². The van der Waals surface area contributed by atoms with Gasteiger partial charge in [-0.3, -0.25) is 19.8 Å². The molecular formula is C12H10N2O4S2. The van der Waals surface area contributed by atoms with Crippen LogP contribution in [0.4, 0.5) is 5.69 Å². The average Bonchev–Trinajstić information content (AvgIpc) is 2.66. The molecule has 0 radical (unpaired) electrons. The predicted molar refractivity (Wildman–Crippen MR) is 80.6 cm³/mol. The molecule has 0 aliphatic carbocycles. The van der Waals surface area contributed by atoms with Crippen LogP contribution >= 0.6 is 24.0 Å². The summed E-state index contributed by atoms with van der Waals surface area (Å²) in [7, 11) is 3.05. The first kappa shape index (κ1) is 14.5. The van der Waals surface area contributed by atoms with Crippen molar-refractivity contribution in [3.63, 3.8) is 0 Å². The summed E-state index contributed by atoms with van der Waals surface area (Å²) in [6, 6.07) is 4.21. The third-order valence-corrected chi connectivity index (χ3v) is 4.18. The molecule has 0 saturated carbocycles. The van der Waals surface area contributed by atoms with E-state index in [0.29, 0.717) is 20.5 Å². The summed E-state index contributed by atoms with van der Waals surface area (Å²) in [5.41, 5.74) is 0.402. The first-order valence-corrected chi connectivity index (χ1v) is 6.70. The molecule has 20 heavy (non-hydrogen) atoms. The minimum absolute atomic E-state index is 0.0657. The molecule has 1 heterocycles. The van der Waals surface area contributed by atoms with E-state index in [1.807, 2.05) is 0 Å². The van der Waals surface area contributed by atoms with Gasteiger partial charge >= 0.3 is 0 Å². The summed E-state index contributed by atoms with van der Waals surface area (Å²) in [4.78, 5) is 24.0. The van der Waals surface area contributed by atoms with E-state index in [1.165, 1.54) is 30.2 Å². The highest BCUT2D eigenvalue weighted by Gasteiger charge is 2.29. The number of thioether (sulfide) groups is 1. The van der Waals surface area contributed by atoms with Crippen LogP contribution in [0.15, 0.2) is 23.1 Å². The van der Waals surface area contributed by atoms with Crippen LogP contribution in [0.1, 0.15) is 5.56 Å². The normalized spacial score (nSPS) is 16.9. The summed E-state index contributed by atoms with van der Waals surface area (Å²) < 4.78 is 5.59. The smallest absolute Gasteiger partial charge is 0.270 e. The SMILES string of the molecule is COc1ccc([N+](=O)[O-])cc1C=C1SC(=S)N(C)C1=O. The minimum atomic E-state index is -0.498. The number of thiocarbonyl (C=S) groups is 1. The molecule has 104 valence electrons. The molecule has 8 heteroatoms. The Balaban J connectivity index is 2.47. The average molecular weight is 310 g/mol. The molecule has 1 aliphatic rings. The molecule has 1 saturated heterocycles. The van der Waals surface area contributed by atoms with Gasteiger partial charge in [0, 0.05) is 24.7 Å². The van der Waals surface area contributed by atoms with E-state index in [2.05, 4.69) is 0 Å². The number of nitro benzene ring substituents is 1. The van der Waals surface area contributed by atoms with E-state index in [1.54, 1.807) is 13.1 Å². The number of non-ortho nitro benzene ring substituents is 1. The summed E-state index contributed by atoms with van der Waals surface area (Å²) >= 11 is 6.18. The number of amides is 1. The molecule has 0 bridgehead atoms. The molecule has 0 atom stereocenters. The van der Waals surface area contributed by atoms with Gasteiger partial charge in [-0.25, -0.2) is 0 Å². The zero-order chi connectivity index (χ0) is 14.9. The second kappa shape index (κ2) is 5.59. The molecule has 1 amide bonds. The van der Waals surface area contributed by atoms with Crippen molar-refractivity contribution < 1.29 is 14.5 Å². The second-order valence-electron chi connectivity index (χ2n) is 3.92. The molecule has 1 aromatic rings. The molecule has 1 aromatic carbocycles. The van der Waals surface area contributed by atoms with Crippen molar-refractivity contribution in [2.24, 2.45) is 0 Å². The van der Waals surface area contributed by atoms with Gasteiger partial charge < -0.3 is 4.74 Å². The topological polar surface area (TPSA) is 72.7 Å². The van der Waals surface area contributed by atoms with E-state index in [9.17, 15) is 14.9 Å². The molecule has 0 aromatic heterocycles. The van der Waals surface area contributed by atoms with Crippen molar-refractivity contribution >= 4 is 46.0 Å². The van der Waals surface area contributed by atoms with E-state index < -0.39 is 4.92 Å². The summed E-state index contributed by atoms with van der Waals surface area (Å²) in [6.07, 6.45) is 1.55. The van der Waals surface area contributed by atoms with Gasteiger partial charge in [0.15, 0.2) is 0 Å². The van der Waals surface area contributed by atoms with Crippen molar-refractivity contribution in [3.05, 3.63) is 38.8 Å². The lowest BCUT2D eigenvalue weighted by Crippen LogP contribution is -2.22. The van der Waals surface area contributed by atoms with Crippen LogP contribution in [-0.4, -0.2) is 34.2 Å². The Kier molecular flexibility index (Phi) is 4.05. The molecule has 0 spiro atoms. The van der Waals surface area contributed by atoms with Gasteiger partial charge in [-0.1, -0.05) is 24.0 Å². The van der Waals surface area contributed by atoms with Crippen LogP contribution in [0.5, 0.6) is 5.75 Å². The first-order chi connectivity index (χ1) is 9.43. The van der Waals surface area contributed by atoms with Crippen LogP contribution < -0.4 is 4.74 Å². The van der Waals surface area contributed by atoms with Gasteiger partial charge in [-0.15, -0.1) is 0 Å². The summed E-state index contributed by atoms with van der Waals surface area (Å²) in [5.74, 6) is 0.227. The maximum Gasteiger partial charge on any atom is 0.270 e. The maximum atomic E-state index is 11.9. The Labute approximate surface area is 124 Å². The number of ether oxygens (including phenoxy) is 1. The van der Waals surface area contributed by atoms with E-state index in [-0.39, 0.29) is 11.6 Å². The van der Waals surface area contributed by atoms with Gasteiger partial charge in [0.2, 0.25) is 0 Å². The van der Waals surface area contributed by atoms with Crippen LogP contribution in [-0.2, 0) is 4.79 Å². The zero-order valence-electron chi connectivity index (χ0n) is 10.7. The largest absolute Gasteiger partial charge is 0.496 e. The number of hydrogen-bond acceptors (Lipinski definition) is 6. The molecule has 1 fully saturated rings. The van der Waals surface area contributed by atoms with Gasteiger partial charge in [0.1, 0.15) is 10.1 Å². The molecule has 0 N–H and O–H groups in total. The van der Waals surface area contributed by atoms with E-state index in [4.69, 9.17) is 17.0 Å². The molecular weight excluding hydrogens is 300 g/mol. The van der Waals surface area contributed by atoms with Crippen LogP contribution in [0.3, 0.4) is 0 Å². The van der Waals surface area contributed by atoms with Crippen molar-refractivity contribution in [1.82, 2.24) is 4.90 Å². The fourth-order valence-corrected chi connectivity index (χ4v) is 2.81. The van der Waals surface area contributed by atoms with Crippen LogP contribution in [0.2, 0.25) is 0 Å². The van der Waals surface area contributed by atoms with Gasteiger partial charge in [0.25, 0.3) is 11.6 Å². The van der Waals surface area contributed by atoms with E-state index >= 15 is 0 Å². The maximum absolute atomic E-state index is 11.9. The third kappa shape index (κ3) is 2.66.